The van der Waals surface area contributed by atoms with Crippen LogP contribution in [0.25, 0.3) is 0 Å². The molecule has 2 N–H and O–H groups in total. The van der Waals surface area contributed by atoms with Crippen molar-refractivity contribution >= 4 is 21.7 Å². The number of carbonyl (C=O) groups excluding carboxylic acids is 1. The fourth-order valence-corrected chi connectivity index (χ4v) is 1.92. The topological polar surface area (TPSA) is 60.9 Å². The van der Waals surface area contributed by atoms with Gasteiger partial charge < -0.3 is 5.73 Å². The summed E-state index contributed by atoms with van der Waals surface area (Å²) < 4.78 is 2.53. The monoisotopic (exact) mass is 273 g/mol. The van der Waals surface area contributed by atoms with Crippen LogP contribution in [0.5, 0.6) is 0 Å². The van der Waals surface area contributed by atoms with Crippen molar-refractivity contribution in [1.29, 1.82) is 0 Å². The van der Waals surface area contributed by atoms with Gasteiger partial charge in [0.05, 0.1) is 10.7 Å². The maximum absolute atomic E-state index is 11.8. The van der Waals surface area contributed by atoms with Crippen LogP contribution < -0.4 is 5.73 Å². The van der Waals surface area contributed by atoms with E-state index in [9.17, 15) is 4.79 Å². The number of halogens is 1. The van der Waals surface area contributed by atoms with Crippen LogP contribution in [0, 0.1) is 0 Å². The molecule has 0 amide bonds. The molecule has 0 atom stereocenters. The molecule has 0 fully saturated rings. The first-order chi connectivity index (χ1) is 7.20. The van der Waals surface area contributed by atoms with Gasteiger partial charge in [-0.05, 0) is 35.3 Å². The van der Waals surface area contributed by atoms with Crippen LogP contribution in [0.4, 0.5) is 0 Å². The average Bonchev–Trinajstić information content (AvgIpc) is 2.57. The lowest BCUT2D eigenvalue weighted by Gasteiger charge is -2.05. The standard InChI is InChI=1S/C10H16BrN3O/c1-2-6-14-10(8(11)7-13-14)9(15)4-3-5-12/h7H,2-6,12H2,1H3. The quantitative estimate of drug-likeness (QED) is 0.807. The van der Waals surface area contributed by atoms with Gasteiger partial charge in [0.2, 0.25) is 0 Å². The number of hydrogen-bond donors (Lipinski definition) is 1. The molecule has 1 rings (SSSR count). The maximum atomic E-state index is 11.8. The van der Waals surface area contributed by atoms with E-state index in [2.05, 4.69) is 28.0 Å². The molecule has 0 bridgehead atoms. The van der Waals surface area contributed by atoms with Crippen molar-refractivity contribution in [2.45, 2.75) is 32.7 Å². The first-order valence-electron chi connectivity index (χ1n) is 5.15. The highest BCUT2D eigenvalue weighted by Crippen LogP contribution is 2.18. The van der Waals surface area contributed by atoms with Crippen LogP contribution in [0.1, 0.15) is 36.7 Å². The first-order valence-corrected chi connectivity index (χ1v) is 5.94. The van der Waals surface area contributed by atoms with E-state index in [1.807, 2.05) is 0 Å². The van der Waals surface area contributed by atoms with Crippen molar-refractivity contribution in [3.05, 3.63) is 16.4 Å². The zero-order valence-corrected chi connectivity index (χ0v) is 10.5. The molecule has 0 aliphatic rings. The summed E-state index contributed by atoms with van der Waals surface area (Å²) in [5.41, 5.74) is 6.05. The van der Waals surface area contributed by atoms with E-state index >= 15 is 0 Å². The van der Waals surface area contributed by atoms with E-state index in [0.29, 0.717) is 18.7 Å². The Bertz CT molecular complexity index is 335. The number of aromatic nitrogens is 2. The van der Waals surface area contributed by atoms with E-state index in [-0.39, 0.29) is 5.78 Å². The van der Waals surface area contributed by atoms with Crippen LogP contribution in [-0.4, -0.2) is 22.1 Å². The zero-order valence-electron chi connectivity index (χ0n) is 8.87. The molecule has 0 saturated carbocycles. The highest BCUT2D eigenvalue weighted by molar-refractivity contribution is 9.10. The Morgan fingerprint density at radius 3 is 3.00 bits per heavy atom. The van der Waals surface area contributed by atoms with Crippen LogP contribution >= 0.6 is 15.9 Å². The van der Waals surface area contributed by atoms with Gasteiger partial charge in [-0.25, -0.2) is 0 Å². The van der Waals surface area contributed by atoms with Crippen molar-refractivity contribution in [2.24, 2.45) is 5.73 Å². The van der Waals surface area contributed by atoms with Gasteiger partial charge in [0.25, 0.3) is 0 Å². The first kappa shape index (κ1) is 12.4. The molecule has 0 aliphatic heterocycles. The number of carbonyl (C=O) groups is 1. The summed E-state index contributed by atoms with van der Waals surface area (Å²) >= 11 is 3.34. The Kier molecular flexibility index (Phi) is 4.98. The van der Waals surface area contributed by atoms with Gasteiger partial charge in [-0.15, -0.1) is 0 Å². The lowest BCUT2D eigenvalue weighted by atomic mass is 10.1. The molecular formula is C10H16BrN3O. The largest absolute Gasteiger partial charge is 0.330 e. The Balaban J connectivity index is 2.80. The number of nitrogens with two attached hydrogens (primary N) is 1. The second-order valence-corrected chi connectivity index (χ2v) is 4.23. The molecule has 84 valence electrons. The second kappa shape index (κ2) is 6.02. The van der Waals surface area contributed by atoms with Crippen molar-refractivity contribution in [3.63, 3.8) is 0 Å². The van der Waals surface area contributed by atoms with Gasteiger partial charge in [0.15, 0.2) is 5.78 Å². The summed E-state index contributed by atoms with van der Waals surface area (Å²) in [5, 5.41) is 4.15. The van der Waals surface area contributed by atoms with Gasteiger partial charge in [-0.2, -0.15) is 5.10 Å². The number of ketones is 1. The Hall–Kier alpha value is -0.680. The normalized spacial score (nSPS) is 10.6. The molecule has 0 aromatic carbocycles. The Labute approximate surface area is 98.0 Å². The molecular weight excluding hydrogens is 258 g/mol. The predicted molar refractivity (Wildman–Crippen MR) is 62.8 cm³/mol. The van der Waals surface area contributed by atoms with Crippen molar-refractivity contribution in [1.82, 2.24) is 9.78 Å². The maximum Gasteiger partial charge on any atom is 0.182 e. The van der Waals surface area contributed by atoms with E-state index in [1.54, 1.807) is 10.9 Å². The van der Waals surface area contributed by atoms with Crippen molar-refractivity contribution in [3.8, 4) is 0 Å². The molecule has 0 saturated heterocycles. The second-order valence-electron chi connectivity index (χ2n) is 3.38. The van der Waals surface area contributed by atoms with Gasteiger partial charge in [0.1, 0.15) is 5.69 Å². The highest BCUT2D eigenvalue weighted by atomic mass is 79.9. The molecule has 0 aliphatic carbocycles. The molecule has 0 unspecified atom stereocenters. The Morgan fingerprint density at radius 2 is 2.40 bits per heavy atom. The Morgan fingerprint density at radius 1 is 1.67 bits per heavy atom. The predicted octanol–water partition coefficient (Wildman–Crippen LogP) is 1.98. The molecule has 4 nitrogen and oxygen atoms in total. The van der Waals surface area contributed by atoms with Gasteiger partial charge in [-0.3, -0.25) is 9.48 Å². The SMILES string of the molecule is CCCn1ncc(Br)c1C(=O)CCCN. The number of Topliss-reactive ketones (excluding diaryl/α,β-unsaturated/α-hetero) is 1. The third kappa shape index (κ3) is 3.14. The summed E-state index contributed by atoms with van der Waals surface area (Å²) in [6.07, 6.45) is 3.85. The minimum atomic E-state index is 0.110. The van der Waals surface area contributed by atoms with Crippen molar-refractivity contribution < 1.29 is 4.79 Å². The van der Waals surface area contributed by atoms with Gasteiger partial charge in [-0.1, -0.05) is 6.92 Å². The lowest BCUT2D eigenvalue weighted by molar-refractivity contribution is 0.0969. The molecule has 15 heavy (non-hydrogen) atoms. The highest BCUT2D eigenvalue weighted by Gasteiger charge is 2.15. The molecule has 1 heterocycles. The zero-order chi connectivity index (χ0) is 11.3. The number of nitrogens with zero attached hydrogens (tertiary/aromatic N) is 2. The molecule has 0 radical (unpaired) electrons. The molecule has 5 heteroatoms. The summed E-state index contributed by atoms with van der Waals surface area (Å²) in [4.78, 5) is 11.8. The number of hydrogen-bond acceptors (Lipinski definition) is 3. The molecule has 1 aromatic heterocycles. The molecule has 0 spiro atoms. The van der Waals surface area contributed by atoms with E-state index in [1.165, 1.54) is 0 Å². The lowest BCUT2D eigenvalue weighted by Crippen LogP contribution is -2.12. The summed E-state index contributed by atoms with van der Waals surface area (Å²) in [5.74, 6) is 0.110. The van der Waals surface area contributed by atoms with Gasteiger partial charge in [0, 0.05) is 13.0 Å². The van der Waals surface area contributed by atoms with E-state index < -0.39 is 0 Å². The fourth-order valence-electron chi connectivity index (χ4n) is 1.40. The van der Waals surface area contributed by atoms with Crippen LogP contribution in [-0.2, 0) is 6.54 Å². The third-order valence-corrected chi connectivity index (χ3v) is 2.68. The smallest absolute Gasteiger partial charge is 0.182 e. The van der Waals surface area contributed by atoms with Crippen LogP contribution in [0.2, 0.25) is 0 Å². The average molecular weight is 274 g/mol. The van der Waals surface area contributed by atoms with Gasteiger partial charge >= 0.3 is 0 Å². The minimum Gasteiger partial charge on any atom is -0.330 e. The fraction of sp³-hybridized carbons (Fsp3) is 0.600. The van der Waals surface area contributed by atoms with Crippen molar-refractivity contribution in [2.75, 3.05) is 6.54 Å². The van der Waals surface area contributed by atoms with E-state index in [4.69, 9.17) is 5.73 Å². The summed E-state index contributed by atoms with van der Waals surface area (Å²) in [6, 6.07) is 0. The summed E-state index contributed by atoms with van der Waals surface area (Å²) in [6.45, 7) is 3.38. The molecule has 1 aromatic rings. The summed E-state index contributed by atoms with van der Waals surface area (Å²) in [7, 11) is 0. The third-order valence-electron chi connectivity index (χ3n) is 2.10. The van der Waals surface area contributed by atoms with E-state index in [0.717, 1.165) is 23.9 Å². The minimum absolute atomic E-state index is 0.110. The van der Waals surface area contributed by atoms with Crippen LogP contribution in [0.15, 0.2) is 10.7 Å². The number of aryl methyl sites for hydroxylation is 1. The number of rotatable bonds is 6. The van der Waals surface area contributed by atoms with Crippen LogP contribution in [0.3, 0.4) is 0 Å².